The number of ketones is 1. The van der Waals surface area contributed by atoms with Crippen LogP contribution in [0.3, 0.4) is 0 Å². The molecule has 0 spiro atoms. The molecule has 0 N–H and O–H groups in total. The van der Waals surface area contributed by atoms with Crippen LogP contribution in [0.5, 0.6) is 0 Å². The number of fused-ring (bicyclic) bond motifs is 1. The van der Waals surface area contributed by atoms with Gasteiger partial charge in [0.15, 0.2) is 0 Å². The third-order valence-electron chi connectivity index (χ3n) is 5.38. The largest absolute Gasteiger partial charge is 0.457 e. The third kappa shape index (κ3) is 4.01. The van der Waals surface area contributed by atoms with Crippen LogP contribution in [-0.4, -0.2) is 35.3 Å². The van der Waals surface area contributed by atoms with Gasteiger partial charge in [-0.25, -0.2) is 0 Å². The number of piperidine rings is 1. The lowest BCUT2D eigenvalue weighted by Crippen LogP contribution is -2.56. The normalized spacial score (nSPS) is 32.0. The SMILES string of the molecule is CC(=O)O[C@H]1/C=C\CCCCN2[C@@H]1[C@H](C)C(=O)C[C@H]2c1ccccc1. The van der Waals surface area contributed by atoms with E-state index in [1.807, 2.05) is 31.2 Å². The van der Waals surface area contributed by atoms with E-state index < -0.39 is 0 Å². The summed E-state index contributed by atoms with van der Waals surface area (Å²) in [6.07, 6.45) is 7.41. The minimum atomic E-state index is -0.374. The van der Waals surface area contributed by atoms with Crippen molar-refractivity contribution in [3.8, 4) is 0 Å². The Balaban J connectivity index is 2.00. The van der Waals surface area contributed by atoms with E-state index in [1.54, 1.807) is 0 Å². The molecule has 4 nitrogen and oxygen atoms in total. The van der Waals surface area contributed by atoms with Crippen molar-refractivity contribution >= 4 is 11.8 Å². The van der Waals surface area contributed by atoms with Crippen molar-refractivity contribution < 1.29 is 14.3 Å². The van der Waals surface area contributed by atoms with Gasteiger partial charge in [0, 0.05) is 25.3 Å². The Labute approximate surface area is 149 Å². The molecule has 2 aliphatic heterocycles. The average Bonchev–Trinajstić information content (AvgIpc) is 2.69. The Hall–Kier alpha value is -1.94. The molecule has 1 saturated heterocycles. The lowest BCUT2D eigenvalue weighted by Gasteiger charge is -2.47. The van der Waals surface area contributed by atoms with E-state index in [1.165, 1.54) is 6.92 Å². The van der Waals surface area contributed by atoms with Gasteiger partial charge < -0.3 is 4.74 Å². The minimum absolute atomic E-state index is 0.0551. The summed E-state index contributed by atoms with van der Waals surface area (Å²) in [7, 11) is 0. The molecule has 0 amide bonds. The van der Waals surface area contributed by atoms with Crippen molar-refractivity contribution in [1.29, 1.82) is 0 Å². The van der Waals surface area contributed by atoms with Crippen LogP contribution in [0.1, 0.15) is 51.1 Å². The first kappa shape index (κ1) is 17.9. The van der Waals surface area contributed by atoms with E-state index in [-0.39, 0.29) is 35.9 Å². The van der Waals surface area contributed by atoms with Crippen LogP contribution in [0.2, 0.25) is 0 Å². The molecule has 0 radical (unpaired) electrons. The number of hydrogen-bond acceptors (Lipinski definition) is 4. The van der Waals surface area contributed by atoms with Crippen molar-refractivity contribution in [2.24, 2.45) is 5.92 Å². The second-order valence-corrected chi connectivity index (χ2v) is 7.11. The number of hydrogen-bond donors (Lipinski definition) is 0. The molecule has 2 aliphatic rings. The number of carbonyl (C=O) groups excluding carboxylic acids is 2. The molecular formula is C21H27NO3. The van der Waals surface area contributed by atoms with Crippen molar-refractivity contribution in [2.45, 2.75) is 57.7 Å². The van der Waals surface area contributed by atoms with E-state index in [0.29, 0.717) is 6.42 Å². The van der Waals surface area contributed by atoms with Crippen molar-refractivity contribution in [3.63, 3.8) is 0 Å². The molecule has 0 aliphatic carbocycles. The zero-order chi connectivity index (χ0) is 17.8. The number of rotatable bonds is 2. The number of Topliss-reactive ketones (excluding diaryl/α,β-unsaturated/α-hetero) is 1. The van der Waals surface area contributed by atoms with Gasteiger partial charge in [-0.2, -0.15) is 0 Å². The van der Waals surface area contributed by atoms with Crippen LogP contribution in [-0.2, 0) is 14.3 Å². The Morgan fingerprint density at radius 2 is 1.96 bits per heavy atom. The summed E-state index contributed by atoms with van der Waals surface area (Å²) in [5.41, 5.74) is 1.16. The molecule has 0 saturated carbocycles. The number of esters is 1. The zero-order valence-electron chi connectivity index (χ0n) is 15.1. The maximum atomic E-state index is 12.8. The van der Waals surface area contributed by atoms with E-state index in [4.69, 9.17) is 4.74 Å². The molecule has 4 heteroatoms. The lowest BCUT2D eigenvalue weighted by atomic mass is 9.80. The number of benzene rings is 1. The fourth-order valence-electron chi connectivity index (χ4n) is 4.14. The smallest absolute Gasteiger partial charge is 0.303 e. The van der Waals surface area contributed by atoms with Gasteiger partial charge in [-0.05, 0) is 37.4 Å². The van der Waals surface area contributed by atoms with Gasteiger partial charge in [0.1, 0.15) is 11.9 Å². The van der Waals surface area contributed by atoms with Crippen LogP contribution in [0.4, 0.5) is 0 Å². The highest BCUT2D eigenvalue weighted by Gasteiger charge is 2.44. The Morgan fingerprint density at radius 3 is 2.68 bits per heavy atom. The van der Waals surface area contributed by atoms with Crippen LogP contribution in [0.15, 0.2) is 42.5 Å². The summed E-state index contributed by atoms with van der Waals surface area (Å²) in [5, 5.41) is 0. The van der Waals surface area contributed by atoms with Crippen LogP contribution >= 0.6 is 0 Å². The van der Waals surface area contributed by atoms with Crippen LogP contribution in [0, 0.1) is 5.92 Å². The molecule has 0 bridgehead atoms. The number of allylic oxidation sites excluding steroid dienone is 1. The molecule has 1 aromatic rings. The van der Waals surface area contributed by atoms with Crippen molar-refractivity contribution in [2.75, 3.05) is 6.54 Å². The van der Waals surface area contributed by atoms with E-state index in [2.05, 4.69) is 23.1 Å². The Bertz CT molecular complexity index is 640. The molecule has 1 fully saturated rings. The first-order valence-corrected chi connectivity index (χ1v) is 9.25. The molecule has 0 aromatic heterocycles. The second-order valence-electron chi connectivity index (χ2n) is 7.11. The summed E-state index contributed by atoms with van der Waals surface area (Å²) >= 11 is 0. The Kier molecular flexibility index (Phi) is 5.69. The average molecular weight is 341 g/mol. The van der Waals surface area contributed by atoms with E-state index in [9.17, 15) is 9.59 Å². The standard InChI is InChI=1S/C21H27NO3/c1-15-19(24)14-18(17-10-6-5-7-11-17)22-13-9-4-3-8-12-20(21(15)22)25-16(2)23/h5-8,10-12,15,18,20-21H,3-4,9,13-14H2,1-2H3/b12-8-/t15-,18+,20+,21-/m1/s1. The first-order chi connectivity index (χ1) is 12.1. The molecular weight excluding hydrogens is 314 g/mol. The summed E-state index contributed by atoms with van der Waals surface area (Å²) in [6, 6.07) is 10.2. The first-order valence-electron chi connectivity index (χ1n) is 9.25. The number of carbonyl (C=O) groups is 2. The highest BCUT2D eigenvalue weighted by molar-refractivity contribution is 5.83. The van der Waals surface area contributed by atoms with Crippen molar-refractivity contribution in [1.82, 2.24) is 4.90 Å². The predicted octanol–water partition coefficient (Wildman–Crippen LogP) is 3.68. The zero-order valence-corrected chi connectivity index (χ0v) is 15.1. The molecule has 1 aromatic carbocycles. The lowest BCUT2D eigenvalue weighted by molar-refractivity contribution is -0.153. The molecule has 2 heterocycles. The van der Waals surface area contributed by atoms with Gasteiger partial charge in [-0.15, -0.1) is 0 Å². The molecule has 25 heavy (non-hydrogen) atoms. The molecule has 0 unspecified atom stereocenters. The van der Waals surface area contributed by atoms with Crippen LogP contribution in [0.25, 0.3) is 0 Å². The fraction of sp³-hybridized carbons (Fsp3) is 0.524. The molecule has 4 atom stereocenters. The van der Waals surface area contributed by atoms with Gasteiger partial charge in [0.05, 0.1) is 6.04 Å². The summed E-state index contributed by atoms with van der Waals surface area (Å²) in [6.45, 7) is 4.33. The van der Waals surface area contributed by atoms with Gasteiger partial charge in [0.2, 0.25) is 0 Å². The fourth-order valence-corrected chi connectivity index (χ4v) is 4.14. The molecule has 3 rings (SSSR count). The Morgan fingerprint density at radius 1 is 1.20 bits per heavy atom. The highest BCUT2D eigenvalue weighted by atomic mass is 16.5. The maximum Gasteiger partial charge on any atom is 0.303 e. The van der Waals surface area contributed by atoms with Gasteiger partial charge in [-0.3, -0.25) is 14.5 Å². The highest BCUT2D eigenvalue weighted by Crippen LogP contribution is 2.38. The van der Waals surface area contributed by atoms with Gasteiger partial charge >= 0.3 is 5.97 Å². The molecule has 134 valence electrons. The summed E-state index contributed by atoms with van der Waals surface area (Å²) in [4.78, 5) is 26.8. The monoisotopic (exact) mass is 341 g/mol. The van der Waals surface area contributed by atoms with Gasteiger partial charge in [0.25, 0.3) is 0 Å². The van der Waals surface area contributed by atoms with Gasteiger partial charge in [-0.1, -0.05) is 43.3 Å². The second kappa shape index (κ2) is 7.96. The van der Waals surface area contributed by atoms with Crippen molar-refractivity contribution in [3.05, 3.63) is 48.0 Å². The summed E-state index contributed by atoms with van der Waals surface area (Å²) in [5.74, 6) is -0.192. The maximum absolute atomic E-state index is 12.8. The topological polar surface area (TPSA) is 46.6 Å². The van der Waals surface area contributed by atoms with Crippen LogP contribution < -0.4 is 0 Å². The number of nitrogens with zero attached hydrogens (tertiary/aromatic N) is 1. The summed E-state index contributed by atoms with van der Waals surface area (Å²) < 4.78 is 5.64. The minimum Gasteiger partial charge on any atom is -0.457 e. The number of ether oxygens (including phenoxy) is 1. The quantitative estimate of drug-likeness (QED) is 0.608. The van der Waals surface area contributed by atoms with E-state index >= 15 is 0 Å². The predicted molar refractivity (Wildman–Crippen MR) is 97.0 cm³/mol. The van der Waals surface area contributed by atoms with E-state index in [0.717, 1.165) is 31.4 Å². The third-order valence-corrected chi connectivity index (χ3v) is 5.38.